The van der Waals surface area contributed by atoms with Crippen molar-refractivity contribution in [2.75, 3.05) is 23.3 Å². The van der Waals surface area contributed by atoms with Crippen molar-refractivity contribution < 1.29 is 10.2 Å². The van der Waals surface area contributed by atoms with Crippen LogP contribution in [0.5, 0.6) is 0 Å². The normalized spacial score (nSPS) is 24.1. The predicted molar refractivity (Wildman–Crippen MR) is 152 cm³/mol. The van der Waals surface area contributed by atoms with Gasteiger partial charge in [-0.15, -0.1) is 11.3 Å². The number of aliphatic hydroxyl groups excluding tert-OH is 2. The van der Waals surface area contributed by atoms with Crippen molar-refractivity contribution >= 4 is 33.3 Å². The molecule has 1 aromatic carbocycles. The van der Waals surface area contributed by atoms with Gasteiger partial charge in [-0.3, -0.25) is 9.78 Å². The van der Waals surface area contributed by atoms with E-state index < -0.39 is 18.2 Å². The number of H-pyrrole nitrogens is 1. The Labute approximate surface area is 230 Å². The van der Waals surface area contributed by atoms with Crippen molar-refractivity contribution in [3.63, 3.8) is 0 Å². The molecule has 204 valence electrons. The molecule has 11 heteroatoms. The van der Waals surface area contributed by atoms with Crippen LogP contribution in [-0.4, -0.2) is 66.5 Å². The van der Waals surface area contributed by atoms with E-state index in [0.29, 0.717) is 34.7 Å². The summed E-state index contributed by atoms with van der Waals surface area (Å²) in [6.45, 7) is 5.54. The molecule has 4 atom stereocenters. The second kappa shape index (κ2) is 10.6. The molecule has 2 aliphatic rings. The highest BCUT2D eigenvalue weighted by Gasteiger charge is 2.43. The van der Waals surface area contributed by atoms with Gasteiger partial charge in [0.25, 0.3) is 5.56 Å². The van der Waals surface area contributed by atoms with Crippen molar-refractivity contribution in [1.29, 1.82) is 0 Å². The molecule has 1 aliphatic heterocycles. The number of aliphatic hydroxyl groups is 2. The van der Waals surface area contributed by atoms with Crippen molar-refractivity contribution in [1.82, 2.24) is 24.9 Å². The molecule has 0 unspecified atom stereocenters. The van der Waals surface area contributed by atoms with Gasteiger partial charge in [0.2, 0.25) is 5.95 Å². The first-order valence-corrected chi connectivity index (χ1v) is 14.3. The molecule has 39 heavy (non-hydrogen) atoms. The molecule has 2 fully saturated rings. The zero-order valence-corrected chi connectivity index (χ0v) is 22.8. The Morgan fingerprint density at radius 3 is 2.51 bits per heavy atom. The highest BCUT2D eigenvalue weighted by Crippen LogP contribution is 2.37. The van der Waals surface area contributed by atoms with E-state index in [4.69, 9.17) is 9.97 Å². The van der Waals surface area contributed by atoms with E-state index >= 15 is 0 Å². The number of aromatic amines is 1. The van der Waals surface area contributed by atoms with E-state index in [1.807, 2.05) is 50.5 Å². The monoisotopic (exact) mass is 547 g/mol. The van der Waals surface area contributed by atoms with Crippen LogP contribution < -0.4 is 15.8 Å². The fraction of sp³-hybridized carbons (Fsp3) is 0.464. The Hall–Kier alpha value is -3.41. The summed E-state index contributed by atoms with van der Waals surface area (Å²) in [4.78, 5) is 36.7. The minimum absolute atomic E-state index is 0.0501. The van der Waals surface area contributed by atoms with Crippen LogP contribution in [0.2, 0.25) is 0 Å². The van der Waals surface area contributed by atoms with Crippen LogP contribution in [0.1, 0.15) is 44.6 Å². The van der Waals surface area contributed by atoms with Crippen LogP contribution >= 0.6 is 11.3 Å². The van der Waals surface area contributed by atoms with Gasteiger partial charge < -0.3 is 20.4 Å². The lowest BCUT2D eigenvalue weighted by atomic mass is 9.91. The molecule has 0 spiro atoms. The quantitative estimate of drug-likeness (QED) is 0.286. The van der Waals surface area contributed by atoms with Gasteiger partial charge in [0.05, 0.1) is 22.4 Å². The standard InChI is InChI=1S/C28H33N7O3S/c1-15(2)18-11-20(24(37)23(18)36)31-25-22(27-32-19-5-3-4-6-21(19)39-27)26(38)34-28(33-25)35-9-7-16(8-10-35)17-12-29-14-30-13-17/h3-6,12-16,18,20,23-24,36-37H,7-11H2,1-2H3,(H2,31,33,34,38)/t18-,20-,23-,24+/m1/s1. The molecule has 1 saturated heterocycles. The fourth-order valence-corrected chi connectivity index (χ4v) is 6.90. The first-order valence-electron chi connectivity index (χ1n) is 13.5. The minimum Gasteiger partial charge on any atom is -0.390 e. The number of hydrogen-bond acceptors (Lipinski definition) is 10. The van der Waals surface area contributed by atoms with Gasteiger partial charge in [0.15, 0.2) is 0 Å². The van der Waals surface area contributed by atoms with Crippen LogP contribution in [0.3, 0.4) is 0 Å². The smallest absolute Gasteiger partial charge is 0.264 e. The SMILES string of the molecule is CC(C)[C@H]1C[C@@H](Nc2nc(N3CCC(c4cncnc4)CC3)[nH]c(=O)c2-c2nc3ccccc3s2)[C@H](O)[C@@H]1O. The van der Waals surface area contributed by atoms with Crippen molar-refractivity contribution in [3.05, 3.63) is 58.9 Å². The van der Waals surface area contributed by atoms with Crippen LogP contribution in [-0.2, 0) is 0 Å². The molecule has 0 amide bonds. The van der Waals surface area contributed by atoms with Gasteiger partial charge in [0, 0.05) is 25.5 Å². The number of nitrogens with zero attached hydrogens (tertiary/aromatic N) is 5. The first kappa shape index (κ1) is 25.8. The highest BCUT2D eigenvalue weighted by molar-refractivity contribution is 7.21. The maximum Gasteiger partial charge on any atom is 0.264 e. The fourth-order valence-electron chi connectivity index (χ4n) is 5.89. The Bertz CT molecular complexity index is 1470. The Balaban J connectivity index is 1.34. The molecule has 0 bridgehead atoms. The summed E-state index contributed by atoms with van der Waals surface area (Å²) in [6, 6.07) is 7.33. The van der Waals surface area contributed by atoms with E-state index in [1.54, 1.807) is 6.33 Å². The minimum atomic E-state index is -0.964. The maximum atomic E-state index is 13.6. The molecule has 4 aromatic rings. The summed E-state index contributed by atoms with van der Waals surface area (Å²) in [7, 11) is 0. The van der Waals surface area contributed by atoms with Crippen LogP contribution in [0.4, 0.5) is 11.8 Å². The third-order valence-electron chi connectivity index (χ3n) is 8.17. The Morgan fingerprint density at radius 2 is 1.82 bits per heavy atom. The summed E-state index contributed by atoms with van der Waals surface area (Å²) >= 11 is 1.43. The number of thiazole rings is 1. The van der Waals surface area contributed by atoms with E-state index in [2.05, 4.69) is 25.2 Å². The molecule has 4 N–H and O–H groups in total. The van der Waals surface area contributed by atoms with Gasteiger partial charge >= 0.3 is 0 Å². The summed E-state index contributed by atoms with van der Waals surface area (Å²) < 4.78 is 0.977. The van der Waals surface area contributed by atoms with Crippen LogP contribution in [0.25, 0.3) is 20.8 Å². The number of hydrogen-bond donors (Lipinski definition) is 4. The second-order valence-electron chi connectivity index (χ2n) is 10.9. The first-order chi connectivity index (χ1) is 18.9. The number of nitrogens with one attached hydrogen (secondary N) is 2. The van der Waals surface area contributed by atoms with Gasteiger partial charge in [-0.25, -0.2) is 15.0 Å². The Morgan fingerprint density at radius 1 is 1.08 bits per heavy atom. The number of para-hydroxylation sites is 1. The summed E-state index contributed by atoms with van der Waals surface area (Å²) in [5.74, 6) is 1.39. The molecule has 1 saturated carbocycles. The zero-order chi connectivity index (χ0) is 27.1. The molecule has 10 nitrogen and oxygen atoms in total. The number of aromatic nitrogens is 5. The second-order valence-corrected chi connectivity index (χ2v) is 11.9. The zero-order valence-electron chi connectivity index (χ0n) is 22.0. The van der Waals surface area contributed by atoms with Crippen molar-refractivity contribution in [2.45, 2.75) is 57.3 Å². The molecular weight excluding hydrogens is 514 g/mol. The lowest BCUT2D eigenvalue weighted by Gasteiger charge is -2.32. The average molecular weight is 548 g/mol. The summed E-state index contributed by atoms with van der Waals surface area (Å²) in [6.07, 6.45) is 5.84. The average Bonchev–Trinajstić information content (AvgIpc) is 3.50. The Kier molecular flexibility index (Phi) is 7.05. The largest absolute Gasteiger partial charge is 0.390 e. The summed E-state index contributed by atoms with van der Waals surface area (Å²) in [5, 5.41) is 25.5. The van der Waals surface area contributed by atoms with E-state index in [-0.39, 0.29) is 17.4 Å². The molecule has 0 radical (unpaired) electrons. The van der Waals surface area contributed by atoms with Gasteiger partial charge in [0.1, 0.15) is 28.8 Å². The van der Waals surface area contributed by atoms with Crippen molar-refractivity contribution in [3.8, 4) is 10.6 Å². The van der Waals surface area contributed by atoms with E-state index in [0.717, 1.165) is 41.7 Å². The van der Waals surface area contributed by atoms with E-state index in [9.17, 15) is 15.0 Å². The van der Waals surface area contributed by atoms with Crippen molar-refractivity contribution in [2.24, 2.45) is 11.8 Å². The third kappa shape index (κ3) is 5.02. The molecule has 1 aliphatic carbocycles. The molecule has 3 aromatic heterocycles. The summed E-state index contributed by atoms with van der Waals surface area (Å²) in [5.41, 5.74) is 2.01. The number of rotatable bonds is 6. The maximum absolute atomic E-state index is 13.6. The van der Waals surface area contributed by atoms with Gasteiger partial charge in [-0.05, 0) is 54.7 Å². The highest BCUT2D eigenvalue weighted by atomic mass is 32.1. The number of piperidine rings is 1. The van der Waals surface area contributed by atoms with Gasteiger partial charge in [-0.2, -0.15) is 4.98 Å². The van der Waals surface area contributed by atoms with Crippen LogP contribution in [0.15, 0.2) is 47.8 Å². The topological polar surface area (TPSA) is 140 Å². The lowest BCUT2D eigenvalue weighted by Crippen LogP contribution is -2.38. The predicted octanol–water partition coefficient (Wildman–Crippen LogP) is 3.40. The number of benzene rings is 1. The van der Waals surface area contributed by atoms with E-state index in [1.165, 1.54) is 11.3 Å². The lowest BCUT2D eigenvalue weighted by molar-refractivity contribution is 0.00750. The molecular formula is C28H33N7O3S. The van der Waals surface area contributed by atoms with Gasteiger partial charge in [-0.1, -0.05) is 26.0 Å². The molecule has 6 rings (SSSR count). The number of fused-ring (bicyclic) bond motifs is 1. The molecule has 4 heterocycles. The number of anilines is 2. The van der Waals surface area contributed by atoms with Crippen LogP contribution in [0, 0.1) is 11.8 Å². The third-order valence-corrected chi connectivity index (χ3v) is 9.22.